The van der Waals surface area contributed by atoms with E-state index in [1.165, 1.54) is 0 Å². The minimum Gasteiger partial charge on any atom is -1.00 e. The molecule has 0 unspecified atom stereocenters. The van der Waals surface area contributed by atoms with E-state index in [0.29, 0.717) is 0 Å². The third-order valence-electron chi connectivity index (χ3n) is 1.50. The van der Waals surface area contributed by atoms with Gasteiger partial charge < -0.3 is 9.60 Å². The summed E-state index contributed by atoms with van der Waals surface area (Å²) in [6.45, 7) is 1.66. The molecule has 0 amide bonds. The maximum Gasteiger partial charge on any atom is 1.00 e. The van der Waals surface area contributed by atoms with Gasteiger partial charge >= 0.3 is 58.7 Å². The fourth-order valence-electron chi connectivity index (χ4n) is 0.979. The van der Waals surface area contributed by atoms with Crippen LogP contribution >= 0.6 is 11.8 Å². The summed E-state index contributed by atoms with van der Waals surface area (Å²) in [4.78, 5) is 1.82. The average molecular weight is 223 g/mol. The van der Waals surface area contributed by atoms with Gasteiger partial charge in [0, 0.05) is 31.0 Å². The van der Waals surface area contributed by atoms with E-state index in [1.807, 2.05) is 16.7 Å². The van der Waals surface area contributed by atoms with E-state index in [-0.39, 0.29) is 62.5 Å². The van der Waals surface area contributed by atoms with E-state index >= 15 is 0 Å². The quantitative estimate of drug-likeness (QED) is 0.431. The summed E-state index contributed by atoms with van der Waals surface area (Å²) >= 11 is 1.84. The van der Waals surface area contributed by atoms with Crippen LogP contribution in [0.3, 0.4) is 0 Å². The Bertz CT molecular complexity index is 105. The van der Waals surface area contributed by atoms with Crippen molar-refractivity contribution >= 4 is 19.0 Å². The molecule has 1 rings (SSSR count). The molecule has 0 bridgehead atoms. The van der Waals surface area contributed by atoms with Crippen molar-refractivity contribution in [3.8, 4) is 0 Å². The minimum absolute atomic E-state index is 0. The molecular formula is C5H10BF3KNS. The molecule has 7 heteroatoms. The Balaban J connectivity index is 0. The van der Waals surface area contributed by atoms with Gasteiger partial charge in [-0.1, -0.05) is 0 Å². The second-order valence-electron chi connectivity index (χ2n) is 2.30. The van der Waals surface area contributed by atoms with Gasteiger partial charge in [0.2, 0.25) is 0 Å². The number of halogens is 3. The average Bonchev–Trinajstić information content (AvgIpc) is 1.88. The van der Waals surface area contributed by atoms with E-state index in [1.54, 1.807) is 0 Å². The van der Waals surface area contributed by atoms with Gasteiger partial charge in [-0.3, -0.25) is 8.63 Å². The van der Waals surface area contributed by atoms with Crippen LogP contribution in [-0.2, 0) is 0 Å². The first kappa shape index (κ1) is 16.2. The van der Waals surface area contributed by atoms with Crippen LogP contribution in [0.2, 0.25) is 0 Å². The van der Waals surface area contributed by atoms with E-state index < -0.39 is 7.27 Å². The van der Waals surface area contributed by atoms with Gasteiger partial charge in [-0.2, -0.15) is 11.8 Å². The van der Waals surface area contributed by atoms with Crippen LogP contribution in [0, 0.1) is 0 Å². The number of hydrogen-bond donors (Lipinski definition) is 0. The van der Waals surface area contributed by atoms with E-state index in [9.17, 15) is 8.63 Å². The van der Waals surface area contributed by atoms with Gasteiger partial charge in [0.1, 0.15) is 0 Å². The number of hydrogen-bond acceptors (Lipinski definition) is 2. The van der Waals surface area contributed by atoms with Crippen molar-refractivity contribution < 1.29 is 64.7 Å². The maximum atomic E-state index is 11.8. The first-order valence-electron chi connectivity index (χ1n) is 3.37. The molecule has 1 fully saturated rings. The monoisotopic (exact) mass is 223 g/mol. The molecule has 0 aromatic heterocycles. The van der Waals surface area contributed by atoms with Crippen LogP contribution in [0.5, 0.6) is 0 Å². The van der Waals surface area contributed by atoms with E-state index in [2.05, 4.69) is 0 Å². The summed E-state index contributed by atoms with van der Waals surface area (Å²) in [5.74, 6) is 2.01. The van der Waals surface area contributed by atoms with Crippen molar-refractivity contribution in [1.82, 2.24) is 4.90 Å². The Hall–Kier alpha value is 1.80. The zero-order valence-corrected chi connectivity index (χ0v) is 11.0. The summed E-state index contributed by atoms with van der Waals surface area (Å²) < 4.78 is 23.5. The fourth-order valence-corrected chi connectivity index (χ4v) is 1.96. The number of rotatable bonds is 2. The summed E-state index contributed by atoms with van der Waals surface area (Å²) in [5.41, 5.74) is 0. The van der Waals surface area contributed by atoms with Crippen LogP contribution in [0.15, 0.2) is 0 Å². The van der Waals surface area contributed by atoms with Gasteiger partial charge in [-0.15, -0.1) is 0 Å². The van der Waals surface area contributed by atoms with Gasteiger partial charge in [-0.25, -0.2) is 0 Å². The molecule has 1 aliphatic rings. The molecule has 0 radical (unpaired) electrons. The minimum atomic E-state index is -2.16. The Morgan fingerprint density at radius 3 is 2.17 bits per heavy atom. The van der Waals surface area contributed by atoms with Crippen molar-refractivity contribution in [3.05, 3.63) is 0 Å². The van der Waals surface area contributed by atoms with Crippen molar-refractivity contribution in [3.63, 3.8) is 0 Å². The zero-order chi connectivity index (χ0) is 7.40. The number of nitrogens with zero attached hydrogens (tertiary/aromatic N) is 1. The summed E-state index contributed by atoms with van der Waals surface area (Å²) in [6, 6.07) is 0. The predicted molar refractivity (Wildman–Crippen MR) is 41.7 cm³/mol. The molecule has 12 heavy (non-hydrogen) atoms. The molecule has 1 saturated heterocycles. The van der Waals surface area contributed by atoms with Crippen molar-refractivity contribution in [2.45, 2.75) is 0 Å². The second-order valence-corrected chi connectivity index (χ2v) is 3.53. The maximum absolute atomic E-state index is 11.8. The third kappa shape index (κ3) is 7.23. The molecule has 1 aliphatic heterocycles. The molecule has 0 aromatic carbocycles. The van der Waals surface area contributed by atoms with Crippen molar-refractivity contribution in [2.75, 3.05) is 31.0 Å². The van der Waals surface area contributed by atoms with E-state index in [0.717, 1.165) is 24.6 Å². The van der Waals surface area contributed by atoms with E-state index in [4.69, 9.17) is 0 Å². The summed E-state index contributed by atoms with van der Waals surface area (Å²) in [5, 5.41) is 0. The normalized spacial score (nSPS) is 17.5. The number of thioether (sulfide) groups is 1. The Kier molecular flexibility index (Phi) is 12.7. The smallest absolute Gasteiger partial charge is 1.00 e. The van der Waals surface area contributed by atoms with Crippen molar-refractivity contribution in [1.29, 1.82) is 0 Å². The first-order chi connectivity index (χ1) is 4.79. The molecule has 0 atom stereocenters. The summed E-state index contributed by atoms with van der Waals surface area (Å²) in [6.07, 6.45) is -0.0411. The molecular weight excluding hydrogens is 213 g/mol. The summed E-state index contributed by atoms with van der Waals surface area (Å²) in [7, 11) is -2.16. The first-order valence-corrected chi connectivity index (χ1v) is 4.53. The Morgan fingerprint density at radius 1 is 1.25 bits per heavy atom. The molecule has 0 aliphatic carbocycles. The van der Waals surface area contributed by atoms with Crippen LogP contribution in [0.25, 0.3) is 0 Å². The molecule has 0 aromatic rings. The second kappa shape index (κ2) is 9.36. The van der Waals surface area contributed by atoms with Crippen LogP contribution in [-0.4, -0.2) is 43.2 Å². The third-order valence-corrected chi connectivity index (χ3v) is 2.44. The van der Waals surface area contributed by atoms with Gasteiger partial charge in [0.05, 0.1) is 0 Å². The predicted octanol–water partition coefficient (Wildman–Crippen LogP) is -4.99. The van der Waals surface area contributed by atoms with Crippen LogP contribution in [0.4, 0.5) is 8.63 Å². The molecule has 0 spiro atoms. The van der Waals surface area contributed by atoms with Crippen molar-refractivity contribution in [2.24, 2.45) is 0 Å². The molecule has 1 heterocycles. The fraction of sp³-hybridized carbons (Fsp3) is 1.00. The molecule has 66 valence electrons. The Morgan fingerprint density at radius 2 is 1.75 bits per heavy atom. The topological polar surface area (TPSA) is 3.24 Å². The zero-order valence-electron chi connectivity index (χ0n) is 7.10. The largest absolute Gasteiger partial charge is 1.00 e. The molecule has 0 saturated carbocycles. The van der Waals surface area contributed by atoms with Gasteiger partial charge in [-0.05, 0) is 0 Å². The molecule has 1 nitrogen and oxygen atoms in total. The standard InChI is InChI=1S/C5H10BF2NS.FH.K/c7-6(8)5-9-1-3-10-4-2-9;;/h1-5H2;1H;/q;;+1/p-1. The van der Waals surface area contributed by atoms with Gasteiger partial charge in [0.15, 0.2) is 0 Å². The Labute approximate surface area is 118 Å². The molecule has 0 N–H and O–H groups in total. The van der Waals surface area contributed by atoms with Crippen LogP contribution in [0.1, 0.15) is 0 Å². The van der Waals surface area contributed by atoms with Crippen LogP contribution < -0.4 is 56.1 Å². The SMILES string of the molecule is FB(F)CN1CCSCC1.[F-].[K+]. The van der Waals surface area contributed by atoms with Gasteiger partial charge in [0.25, 0.3) is 0 Å².